The van der Waals surface area contributed by atoms with E-state index in [0.29, 0.717) is 17.6 Å². The maximum Gasteiger partial charge on any atom is 0.273 e. The molecule has 1 aliphatic carbocycles. The van der Waals surface area contributed by atoms with Gasteiger partial charge in [-0.1, -0.05) is 6.92 Å². The van der Waals surface area contributed by atoms with E-state index in [-0.39, 0.29) is 22.9 Å². The van der Waals surface area contributed by atoms with Gasteiger partial charge >= 0.3 is 0 Å². The van der Waals surface area contributed by atoms with Crippen LogP contribution in [0.15, 0.2) is 39.6 Å². The average molecular weight is 380 g/mol. The minimum atomic E-state index is -3.90. The Hall–Kier alpha value is -2.39. The van der Waals surface area contributed by atoms with Crippen LogP contribution in [0.1, 0.15) is 30.8 Å². The zero-order valence-corrected chi connectivity index (χ0v) is 15.5. The lowest BCUT2D eigenvalue weighted by Crippen LogP contribution is -2.26. The normalized spacial score (nSPS) is 19.5. The second-order valence-electron chi connectivity index (χ2n) is 6.48. The van der Waals surface area contributed by atoms with Gasteiger partial charge in [-0.3, -0.25) is 10.1 Å². The molecule has 0 spiro atoms. The third-order valence-corrected chi connectivity index (χ3v) is 6.42. The number of furan rings is 1. The van der Waals surface area contributed by atoms with Crippen LogP contribution >= 0.6 is 0 Å². The number of methoxy groups -OCH3 is 1. The van der Waals surface area contributed by atoms with E-state index >= 15 is 0 Å². The molecular weight excluding hydrogens is 360 g/mol. The number of hydrogen-bond acceptors (Lipinski definition) is 6. The summed E-state index contributed by atoms with van der Waals surface area (Å²) in [6, 6.07) is 7.08. The molecule has 1 heterocycles. The number of hydrogen-bond donors (Lipinski definition) is 0. The Kier molecular flexibility index (Phi) is 4.76. The van der Waals surface area contributed by atoms with Crippen LogP contribution in [0.2, 0.25) is 0 Å². The highest BCUT2D eigenvalue weighted by atomic mass is 32.2. The first kappa shape index (κ1) is 18.4. The van der Waals surface area contributed by atoms with Crippen LogP contribution in [0.25, 0.3) is 0 Å². The molecule has 0 saturated heterocycles. The van der Waals surface area contributed by atoms with E-state index in [2.05, 4.69) is 6.92 Å². The molecule has 0 amide bonds. The largest absolute Gasteiger partial charge is 0.495 e. The van der Waals surface area contributed by atoms with E-state index in [4.69, 9.17) is 9.15 Å². The number of sulfonamides is 1. The molecule has 1 aromatic carbocycles. The van der Waals surface area contributed by atoms with Crippen LogP contribution < -0.4 is 4.74 Å². The van der Waals surface area contributed by atoms with E-state index < -0.39 is 14.9 Å². The van der Waals surface area contributed by atoms with Crippen molar-refractivity contribution in [3.8, 4) is 5.75 Å². The van der Waals surface area contributed by atoms with Gasteiger partial charge in [0.25, 0.3) is 5.69 Å². The lowest BCUT2D eigenvalue weighted by molar-refractivity contribution is -0.385. The molecule has 1 fully saturated rings. The number of nitrogens with zero attached hydrogens (tertiary/aromatic N) is 2. The van der Waals surface area contributed by atoms with E-state index in [1.165, 1.54) is 20.2 Å². The third-order valence-electron chi connectivity index (χ3n) is 4.58. The smallest absolute Gasteiger partial charge is 0.273 e. The number of rotatable bonds is 7. The standard InChI is InChI=1S/C17H20N2O6S/c1-11-8-14(11)15-6-5-13(25-15)10-18(2)26(22,23)17-7-4-12(19(20)21)9-16(17)24-3/h4-7,9,11,14H,8,10H2,1-3H3/t11-,14+/m0/s1. The summed E-state index contributed by atoms with van der Waals surface area (Å²) in [6.07, 6.45) is 1.08. The van der Waals surface area contributed by atoms with Crippen LogP contribution in [-0.4, -0.2) is 31.8 Å². The van der Waals surface area contributed by atoms with Gasteiger partial charge in [0, 0.05) is 19.0 Å². The second-order valence-corrected chi connectivity index (χ2v) is 8.49. The van der Waals surface area contributed by atoms with Crippen molar-refractivity contribution >= 4 is 15.7 Å². The number of nitro benzene ring substituents is 1. The van der Waals surface area contributed by atoms with Gasteiger partial charge < -0.3 is 9.15 Å². The fourth-order valence-corrected chi connectivity index (χ4v) is 4.12. The van der Waals surface area contributed by atoms with Gasteiger partial charge in [0.15, 0.2) is 0 Å². The monoisotopic (exact) mass is 380 g/mol. The van der Waals surface area contributed by atoms with E-state index in [1.807, 2.05) is 6.07 Å². The molecule has 2 aromatic rings. The molecule has 8 nitrogen and oxygen atoms in total. The highest BCUT2D eigenvalue weighted by molar-refractivity contribution is 7.89. The maximum atomic E-state index is 12.8. The Balaban J connectivity index is 1.82. The highest BCUT2D eigenvalue weighted by Gasteiger charge is 2.37. The molecule has 26 heavy (non-hydrogen) atoms. The van der Waals surface area contributed by atoms with Crippen LogP contribution in [0.4, 0.5) is 5.69 Å². The van der Waals surface area contributed by atoms with E-state index in [0.717, 1.165) is 28.6 Å². The summed E-state index contributed by atoms with van der Waals surface area (Å²) >= 11 is 0. The molecule has 1 aromatic heterocycles. The van der Waals surface area contributed by atoms with Crippen molar-refractivity contribution < 1.29 is 22.5 Å². The van der Waals surface area contributed by atoms with E-state index in [9.17, 15) is 18.5 Å². The summed E-state index contributed by atoms with van der Waals surface area (Å²) in [6.45, 7) is 2.20. The van der Waals surface area contributed by atoms with Crippen molar-refractivity contribution in [1.82, 2.24) is 4.31 Å². The molecular formula is C17H20N2O6S. The zero-order chi connectivity index (χ0) is 19.1. The lowest BCUT2D eigenvalue weighted by Gasteiger charge is -2.17. The summed E-state index contributed by atoms with van der Waals surface area (Å²) in [5, 5.41) is 10.9. The minimum Gasteiger partial charge on any atom is -0.495 e. The number of nitro groups is 1. The third kappa shape index (κ3) is 3.45. The first-order valence-corrected chi connectivity index (χ1v) is 9.55. The van der Waals surface area contributed by atoms with Gasteiger partial charge in [-0.2, -0.15) is 4.31 Å². The summed E-state index contributed by atoms with van der Waals surface area (Å²) in [7, 11) is -1.20. The lowest BCUT2D eigenvalue weighted by atomic mass is 10.3. The van der Waals surface area contributed by atoms with Crippen LogP contribution in [0, 0.1) is 16.0 Å². The Morgan fingerprint density at radius 3 is 2.62 bits per heavy atom. The predicted molar refractivity (Wildman–Crippen MR) is 93.5 cm³/mol. The molecule has 0 aliphatic heterocycles. The van der Waals surface area contributed by atoms with Gasteiger partial charge in [0.05, 0.1) is 24.6 Å². The van der Waals surface area contributed by atoms with Gasteiger partial charge in [0.1, 0.15) is 22.2 Å². The van der Waals surface area contributed by atoms with Crippen molar-refractivity contribution in [2.24, 2.45) is 5.92 Å². The summed E-state index contributed by atoms with van der Waals surface area (Å²) in [5.74, 6) is 2.37. The first-order valence-electron chi connectivity index (χ1n) is 8.11. The quantitative estimate of drug-likeness (QED) is 0.540. The Bertz CT molecular complexity index is 936. The average Bonchev–Trinajstić information content (AvgIpc) is 3.15. The van der Waals surface area contributed by atoms with Crippen molar-refractivity contribution in [3.05, 3.63) is 52.0 Å². The molecule has 0 N–H and O–H groups in total. The van der Waals surface area contributed by atoms with E-state index in [1.54, 1.807) is 6.07 Å². The van der Waals surface area contributed by atoms with Crippen molar-refractivity contribution in [2.45, 2.75) is 30.7 Å². The fourth-order valence-electron chi connectivity index (χ4n) is 2.85. The topological polar surface area (TPSA) is 103 Å². The molecule has 0 radical (unpaired) electrons. The highest BCUT2D eigenvalue weighted by Crippen LogP contribution is 2.47. The molecule has 3 rings (SSSR count). The molecule has 140 valence electrons. The molecule has 2 atom stereocenters. The molecule has 9 heteroatoms. The molecule has 0 unspecified atom stereocenters. The van der Waals surface area contributed by atoms with Crippen molar-refractivity contribution in [2.75, 3.05) is 14.2 Å². The predicted octanol–water partition coefficient (Wildman–Crippen LogP) is 3.14. The number of non-ortho nitro benzene ring substituents is 1. The Labute approximate surface area is 151 Å². The van der Waals surface area contributed by atoms with Gasteiger partial charge in [-0.25, -0.2) is 8.42 Å². The van der Waals surface area contributed by atoms with Crippen molar-refractivity contribution in [3.63, 3.8) is 0 Å². The van der Waals surface area contributed by atoms with Crippen LogP contribution in [0.5, 0.6) is 5.75 Å². The van der Waals surface area contributed by atoms with Gasteiger partial charge in [-0.15, -0.1) is 0 Å². The maximum absolute atomic E-state index is 12.8. The summed E-state index contributed by atoms with van der Waals surface area (Å²) < 4.78 is 37.6. The van der Waals surface area contributed by atoms with Crippen LogP contribution in [-0.2, 0) is 16.6 Å². The SMILES string of the molecule is COc1cc([N+](=O)[O-])ccc1S(=O)(=O)N(C)Cc1ccc([C@@H]2C[C@@H]2C)o1. The van der Waals surface area contributed by atoms with Gasteiger partial charge in [0.2, 0.25) is 10.0 Å². The molecule has 1 aliphatic rings. The molecule has 1 saturated carbocycles. The first-order chi connectivity index (χ1) is 12.2. The summed E-state index contributed by atoms with van der Waals surface area (Å²) in [4.78, 5) is 10.1. The minimum absolute atomic E-state index is 0.0591. The second kappa shape index (κ2) is 6.73. The summed E-state index contributed by atoms with van der Waals surface area (Å²) in [5.41, 5.74) is -0.238. The van der Waals surface area contributed by atoms with Crippen molar-refractivity contribution in [1.29, 1.82) is 0 Å². The van der Waals surface area contributed by atoms with Crippen LogP contribution in [0.3, 0.4) is 0 Å². The fraction of sp³-hybridized carbons (Fsp3) is 0.412. The Morgan fingerprint density at radius 2 is 2.04 bits per heavy atom. The number of benzene rings is 1. The zero-order valence-electron chi connectivity index (χ0n) is 14.7. The van der Waals surface area contributed by atoms with Gasteiger partial charge in [-0.05, 0) is 30.5 Å². The number of ether oxygens (including phenoxy) is 1. The Morgan fingerprint density at radius 1 is 1.35 bits per heavy atom. The molecule has 0 bridgehead atoms.